The fourth-order valence-corrected chi connectivity index (χ4v) is 2.65. The summed E-state index contributed by atoms with van der Waals surface area (Å²) < 4.78 is 7.65. The van der Waals surface area contributed by atoms with Gasteiger partial charge >= 0.3 is 0 Å². The van der Waals surface area contributed by atoms with Crippen molar-refractivity contribution in [1.29, 1.82) is 0 Å². The predicted molar refractivity (Wildman–Crippen MR) is 95.9 cm³/mol. The summed E-state index contributed by atoms with van der Waals surface area (Å²) in [7, 11) is 1.97. The number of aliphatic imine (C=N–C) groups is 1. The van der Waals surface area contributed by atoms with Gasteiger partial charge in [-0.05, 0) is 38.5 Å². The van der Waals surface area contributed by atoms with Crippen LogP contribution in [0.2, 0.25) is 0 Å². The SMILES string of the molecule is Cc1nnc(CN=C(NCCCC(C)C)NCC2CCCO2)n1C. The Kier molecular flexibility index (Phi) is 7.49. The van der Waals surface area contributed by atoms with Crippen molar-refractivity contribution >= 4 is 5.96 Å². The molecule has 1 aromatic rings. The Morgan fingerprint density at radius 3 is 2.83 bits per heavy atom. The Hall–Kier alpha value is -1.63. The Morgan fingerprint density at radius 2 is 2.21 bits per heavy atom. The van der Waals surface area contributed by atoms with E-state index in [1.807, 2.05) is 18.5 Å². The molecule has 1 saturated heterocycles. The maximum absolute atomic E-state index is 5.67. The first-order valence-electron chi connectivity index (χ1n) is 9.05. The summed E-state index contributed by atoms with van der Waals surface area (Å²) in [6.45, 7) is 9.56. The van der Waals surface area contributed by atoms with Crippen molar-refractivity contribution in [2.75, 3.05) is 19.7 Å². The summed E-state index contributed by atoms with van der Waals surface area (Å²) in [6.07, 6.45) is 4.93. The first-order chi connectivity index (χ1) is 11.6. The van der Waals surface area contributed by atoms with Crippen molar-refractivity contribution in [1.82, 2.24) is 25.4 Å². The van der Waals surface area contributed by atoms with Crippen molar-refractivity contribution in [3.8, 4) is 0 Å². The van der Waals surface area contributed by atoms with Crippen LogP contribution in [0.3, 0.4) is 0 Å². The molecule has 0 amide bonds. The molecule has 0 bridgehead atoms. The van der Waals surface area contributed by atoms with Gasteiger partial charge in [0.2, 0.25) is 0 Å². The van der Waals surface area contributed by atoms with Crippen LogP contribution in [-0.4, -0.2) is 46.5 Å². The molecule has 2 heterocycles. The highest BCUT2D eigenvalue weighted by Gasteiger charge is 2.15. The molecule has 7 heteroatoms. The molecule has 0 aromatic carbocycles. The minimum Gasteiger partial charge on any atom is -0.376 e. The van der Waals surface area contributed by atoms with E-state index in [1.54, 1.807) is 0 Å². The lowest BCUT2D eigenvalue weighted by Gasteiger charge is -2.16. The molecule has 1 unspecified atom stereocenters. The number of ether oxygens (including phenoxy) is 1. The van der Waals surface area contributed by atoms with Crippen LogP contribution in [0.1, 0.15) is 51.2 Å². The van der Waals surface area contributed by atoms with Gasteiger partial charge in [-0.25, -0.2) is 4.99 Å². The van der Waals surface area contributed by atoms with Crippen molar-refractivity contribution in [2.45, 2.75) is 59.1 Å². The Morgan fingerprint density at radius 1 is 1.38 bits per heavy atom. The minimum atomic E-state index is 0.296. The second-order valence-corrected chi connectivity index (χ2v) is 6.87. The van der Waals surface area contributed by atoms with Crippen molar-refractivity contribution in [2.24, 2.45) is 18.0 Å². The summed E-state index contributed by atoms with van der Waals surface area (Å²) in [6, 6.07) is 0. The number of hydrogen-bond acceptors (Lipinski definition) is 4. The second-order valence-electron chi connectivity index (χ2n) is 6.87. The average molecular weight is 336 g/mol. The molecule has 0 saturated carbocycles. The van der Waals surface area contributed by atoms with Gasteiger partial charge in [0, 0.05) is 26.7 Å². The molecule has 1 fully saturated rings. The predicted octanol–water partition coefficient (Wildman–Crippen LogP) is 1.77. The Bertz CT molecular complexity index is 519. The van der Waals surface area contributed by atoms with Crippen LogP contribution < -0.4 is 10.6 Å². The van der Waals surface area contributed by atoms with Crippen LogP contribution in [0, 0.1) is 12.8 Å². The first-order valence-corrected chi connectivity index (χ1v) is 9.05. The van der Waals surface area contributed by atoms with E-state index in [-0.39, 0.29) is 0 Å². The van der Waals surface area contributed by atoms with Crippen LogP contribution in [0.15, 0.2) is 4.99 Å². The van der Waals surface area contributed by atoms with Crippen molar-refractivity contribution < 1.29 is 4.74 Å². The summed E-state index contributed by atoms with van der Waals surface area (Å²) in [5, 5.41) is 15.1. The monoisotopic (exact) mass is 336 g/mol. The summed E-state index contributed by atoms with van der Waals surface area (Å²) in [4.78, 5) is 4.66. The molecule has 2 rings (SSSR count). The van der Waals surface area contributed by atoms with Crippen molar-refractivity contribution in [3.05, 3.63) is 11.6 Å². The zero-order valence-corrected chi connectivity index (χ0v) is 15.5. The lowest BCUT2D eigenvalue weighted by molar-refractivity contribution is 0.114. The fourth-order valence-electron chi connectivity index (χ4n) is 2.65. The highest BCUT2D eigenvalue weighted by atomic mass is 16.5. The van der Waals surface area contributed by atoms with Gasteiger partial charge in [-0.15, -0.1) is 10.2 Å². The zero-order chi connectivity index (χ0) is 17.4. The largest absolute Gasteiger partial charge is 0.376 e. The second kappa shape index (κ2) is 9.61. The minimum absolute atomic E-state index is 0.296. The topological polar surface area (TPSA) is 76.4 Å². The summed E-state index contributed by atoms with van der Waals surface area (Å²) >= 11 is 0. The van der Waals surface area contributed by atoms with Gasteiger partial charge in [-0.3, -0.25) is 0 Å². The smallest absolute Gasteiger partial charge is 0.191 e. The molecule has 2 N–H and O–H groups in total. The lowest BCUT2D eigenvalue weighted by atomic mass is 10.1. The van der Waals surface area contributed by atoms with Crippen molar-refractivity contribution in [3.63, 3.8) is 0 Å². The third-order valence-corrected chi connectivity index (χ3v) is 4.33. The molecule has 24 heavy (non-hydrogen) atoms. The first kappa shape index (κ1) is 18.7. The fraction of sp³-hybridized carbons (Fsp3) is 0.824. The number of nitrogens with one attached hydrogen (secondary N) is 2. The van der Waals surface area contributed by atoms with Gasteiger partial charge in [-0.1, -0.05) is 13.8 Å². The van der Waals surface area contributed by atoms with E-state index in [0.717, 1.165) is 62.5 Å². The molecule has 7 nitrogen and oxygen atoms in total. The number of aryl methyl sites for hydroxylation is 1. The van der Waals surface area contributed by atoms with Gasteiger partial charge in [0.1, 0.15) is 12.4 Å². The van der Waals surface area contributed by atoms with E-state index in [2.05, 4.69) is 39.7 Å². The van der Waals surface area contributed by atoms with E-state index in [1.165, 1.54) is 6.42 Å². The highest BCUT2D eigenvalue weighted by Crippen LogP contribution is 2.10. The number of guanidine groups is 1. The summed E-state index contributed by atoms with van der Waals surface area (Å²) in [5.74, 6) is 3.33. The van der Waals surface area contributed by atoms with E-state index in [0.29, 0.717) is 12.6 Å². The molecule has 0 spiro atoms. The highest BCUT2D eigenvalue weighted by molar-refractivity contribution is 5.79. The molecule has 1 atom stereocenters. The van der Waals surface area contributed by atoms with E-state index < -0.39 is 0 Å². The van der Waals surface area contributed by atoms with Gasteiger partial charge in [-0.2, -0.15) is 0 Å². The maximum Gasteiger partial charge on any atom is 0.191 e. The third-order valence-electron chi connectivity index (χ3n) is 4.33. The van der Waals surface area contributed by atoms with Gasteiger partial charge in [0.25, 0.3) is 0 Å². The average Bonchev–Trinajstić information content (AvgIpc) is 3.17. The molecule has 1 aliphatic heterocycles. The maximum atomic E-state index is 5.67. The third kappa shape index (κ3) is 6.11. The van der Waals surface area contributed by atoms with Gasteiger partial charge in [0.15, 0.2) is 11.8 Å². The number of aromatic nitrogens is 3. The van der Waals surface area contributed by atoms with Crippen LogP contribution in [-0.2, 0) is 18.3 Å². The standard InChI is InChI=1S/C17H32N6O/c1-13(2)7-5-9-18-17(19-11-15-8-6-10-24-15)20-12-16-22-21-14(3)23(16)4/h13,15H,5-12H2,1-4H3,(H2,18,19,20). The molecule has 136 valence electrons. The van der Waals surface area contributed by atoms with E-state index >= 15 is 0 Å². The molecule has 0 radical (unpaired) electrons. The normalized spacial score (nSPS) is 18.4. The van der Waals surface area contributed by atoms with Crippen LogP contribution in [0.25, 0.3) is 0 Å². The Balaban J connectivity index is 1.87. The molecular formula is C17H32N6O. The molecular weight excluding hydrogens is 304 g/mol. The molecule has 1 aromatic heterocycles. The zero-order valence-electron chi connectivity index (χ0n) is 15.5. The summed E-state index contributed by atoms with van der Waals surface area (Å²) in [5.41, 5.74) is 0. The lowest BCUT2D eigenvalue weighted by Crippen LogP contribution is -2.41. The number of hydrogen-bond donors (Lipinski definition) is 2. The number of nitrogens with zero attached hydrogens (tertiary/aromatic N) is 4. The van der Waals surface area contributed by atoms with Crippen LogP contribution in [0.4, 0.5) is 0 Å². The number of rotatable bonds is 8. The molecule has 1 aliphatic rings. The molecule has 0 aliphatic carbocycles. The van der Waals surface area contributed by atoms with Crippen LogP contribution >= 0.6 is 0 Å². The van der Waals surface area contributed by atoms with Crippen LogP contribution in [0.5, 0.6) is 0 Å². The quantitative estimate of drug-likeness (QED) is 0.430. The van der Waals surface area contributed by atoms with E-state index in [9.17, 15) is 0 Å². The Labute approximate surface area is 145 Å². The van der Waals surface area contributed by atoms with Gasteiger partial charge in [0.05, 0.1) is 6.10 Å². The van der Waals surface area contributed by atoms with E-state index in [4.69, 9.17) is 4.74 Å². The van der Waals surface area contributed by atoms with Gasteiger partial charge < -0.3 is 19.9 Å².